The first kappa shape index (κ1) is 22.9. The summed E-state index contributed by atoms with van der Waals surface area (Å²) in [5.74, 6) is 1.38. The van der Waals surface area contributed by atoms with Gasteiger partial charge in [0.25, 0.3) is 0 Å². The molecular formula is C28H35N3O3. The molecule has 3 aromatic rings. The number of H-pyrrole nitrogens is 1. The van der Waals surface area contributed by atoms with Crippen LogP contribution in [0.4, 0.5) is 0 Å². The fraction of sp³-hybridized carbons (Fsp3) is 0.500. The quantitative estimate of drug-likeness (QED) is 0.588. The van der Waals surface area contributed by atoms with Crippen LogP contribution < -0.4 is 4.74 Å². The second-order valence-corrected chi connectivity index (χ2v) is 9.87. The minimum atomic E-state index is -0.431. The van der Waals surface area contributed by atoms with Crippen LogP contribution >= 0.6 is 0 Å². The monoisotopic (exact) mass is 461 g/mol. The van der Waals surface area contributed by atoms with Gasteiger partial charge in [0, 0.05) is 31.0 Å². The van der Waals surface area contributed by atoms with Gasteiger partial charge in [0.15, 0.2) is 0 Å². The van der Waals surface area contributed by atoms with E-state index in [4.69, 9.17) is 9.47 Å². The van der Waals surface area contributed by atoms with Gasteiger partial charge < -0.3 is 14.4 Å². The van der Waals surface area contributed by atoms with Gasteiger partial charge in [-0.1, -0.05) is 43.5 Å². The molecule has 1 amide bonds. The molecule has 2 heterocycles. The lowest BCUT2D eigenvalue weighted by Gasteiger charge is -2.42. The second-order valence-electron chi connectivity index (χ2n) is 9.87. The van der Waals surface area contributed by atoms with E-state index in [0.29, 0.717) is 19.1 Å². The summed E-state index contributed by atoms with van der Waals surface area (Å²) in [6.07, 6.45) is 8.90. The Bertz CT molecular complexity index is 1100. The minimum absolute atomic E-state index is 0.251. The molecule has 34 heavy (non-hydrogen) atoms. The maximum atomic E-state index is 14.3. The van der Waals surface area contributed by atoms with Gasteiger partial charge in [-0.15, -0.1) is 0 Å². The molecule has 1 aliphatic heterocycles. The minimum Gasteiger partial charge on any atom is -0.497 e. The number of aromatic nitrogens is 2. The lowest BCUT2D eigenvalue weighted by atomic mass is 9.68. The number of benzene rings is 2. The van der Waals surface area contributed by atoms with E-state index in [-0.39, 0.29) is 5.92 Å². The van der Waals surface area contributed by atoms with Gasteiger partial charge in [-0.05, 0) is 55.0 Å². The topological polar surface area (TPSA) is 67.4 Å². The smallest absolute Gasteiger partial charge is 0.233 e. The number of hydrogen-bond acceptors (Lipinski definition) is 4. The Kier molecular flexibility index (Phi) is 6.86. The number of nitrogens with one attached hydrogen (secondary N) is 1. The van der Waals surface area contributed by atoms with Crippen molar-refractivity contribution in [3.8, 4) is 5.75 Å². The highest BCUT2D eigenvalue weighted by molar-refractivity contribution is 5.88. The molecule has 0 bridgehead atoms. The van der Waals surface area contributed by atoms with Crippen LogP contribution in [0.2, 0.25) is 0 Å². The maximum absolute atomic E-state index is 14.3. The van der Waals surface area contributed by atoms with Crippen LogP contribution in [0, 0.1) is 5.92 Å². The number of fused-ring (bicyclic) bond motifs is 1. The Hall–Kier alpha value is -2.86. The van der Waals surface area contributed by atoms with Crippen LogP contribution in [-0.2, 0) is 21.4 Å². The Labute approximate surface area is 201 Å². The lowest BCUT2D eigenvalue weighted by molar-refractivity contribution is -0.141. The summed E-state index contributed by atoms with van der Waals surface area (Å²) < 4.78 is 11.4. The number of rotatable bonds is 5. The summed E-state index contributed by atoms with van der Waals surface area (Å²) in [5, 5.41) is 8.44. The van der Waals surface area contributed by atoms with E-state index in [0.717, 1.165) is 73.8 Å². The fourth-order valence-electron chi connectivity index (χ4n) is 5.88. The van der Waals surface area contributed by atoms with Crippen molar-refractivity contribution >= 4 is 16.8 Å². The van der Waals surface area contributed by atoms with Gasteiger partial charge >= 0.3 is 0 Å². The SMILES string of the molecule is COc1ccc(C2(C(=O)N3CCCOCC(Cc4cccc5[nH]ncc45)C3)CCCCC2)cc1. The largest absolute Gasteiger partial charge is 0.497 e. The summed E-state index contributed by atoms with van der Waals surface area (Å²) in [6.45, 7) is 2.85. The average molecular weight is 462 g/mol. The van der Waals surface area contributed by atoms with Crippen molar-refractivity contribution in [3.63, 3.8) is 0 Å². The molecule has 2 aliphatic rings. The van der Waals surface area contributed by atoms with Gasteiger partial charge in [0.1, 0.15) is 5.75 Å². The molecule has 1 saturated carbocycles. The normalized spacial score (nSPS) is 21.1. The fourth-order valence-corrected chi connectivity index (χ4v) is 5.88. The molecule has 2 aromatic carbocycles. The van der Waals surface area contributed by atoms with Crippen molar-refractivity contribution < 1.29 is 14.3 Å². The van der Waals surface area contributed by atoms with Crippen molar-refractivity contribution in [1.29, 1.82) is 0 Å². The predicted octanol–water partition coefficient (Wildman–Crippen LogP) is 4.88. The lowest BCUT2D eigenvalue weighted by Crippen LogP contribution is -2.51. The molecule has 1 N–H and O–H groups in total. The zero-order chi connectivity index (χ0) is 23.4. The zero-order valence-electron chi connectivity index (χ0n) is 20.1. The summed E-state index contributed by atoms with van der Waals surface area (Å²) in [6, 6.07) is 14.5. The molecule has 0 spiro atoms. The number of hydrogen-bond donors (Lipinski definition) is 1. The van der Waals surface area contributed by atoms with E-state index in [9.17, 15) is 4.79 Å². The van der Waals surface area contributed by atoms with E-state index >= 15 is 0 Å². The summed E-state index contributed by atoms with van der Waals surface area (Å²) >= 11 is 0. The Morgan fingerprint density at radius 2 is 1.97 bits per heavy atom. The van der Waals surface area contributed by atoms with E-state index in [1.807, 2.05) is 18.3 Å². The number of carbonyl (C=O) groups is 1. The third kappa shape index (κ3) is 4.56. The second kappa shape index (κ2) is 10.2. The van der Waals surface area contributed by atoms with Crippen LogP contribution in [0.5, 0.6) is 5.75 Å². The molecule has 5 rings (SSSR count). The number of methoxy groups -OCH3 is 1. The number of carbonyl (C=O) groups excluding carboxylic acids is 1. The number of ether oxygens (including phenoxy) is 2. The Morgan fingerprint density at radius 3 is 2.76 bits per heavy atom. The van der Waals surface area contributed by atoms with Crippen LogP contribution in [0.3, 0.4) is 0 Å². The molecular weight excluding hydrogens is 426 g/mol. The van der Waals surface area contributed by atoms with Crippen molar-refractivity contribution in [2.75, 3.05) is 33.4 Å². The number of amides is 1. The van der Waals surface area contributed by atoms with Crippen LogP contribution in [0.1, 0.15) is 49.7 Å². The van der Waals surface area contributed by atoms with Gasteiger partial charge in [0.05, 0.1) is 30.8 Å². The molecule has 1 aromatic heterocycles. The molecule has 1 atom stereocenters. The van der Waals surface area contributed by atoms with E-state index < -0.39 is 5.41 Å². The van der Waals surface area contributed by atoms with E-state index in [1.54, 1.807) is 7.11 Å². The van der Waals surface area contributed by atoms with Gasteiger partial charge in [0.2, 0.25) is 5.91 Å². The molecule has 6 nitrogen and oxygen atoms in total. The highest BCUT2D eigenvalue weighted by Gasteiger charge is 2.44. The number of nitrogens with zero attached hydrogens (tertiary/aromatic N) is 2. The standard InChI is InChI=1S/C28H35N3O3/c1-33-24-11-9-23(10-12-24)28(13-3-2-4-14-28)27(32)31-15-6-16-34-20-21(19-31)17-22-7-5-8-26-25(22)18-29-30-26/h5,7-12,18,21H,2-4,6,13-17,19-20H2,1H3,(H,29,30). The molecule has 2 fully saturated rings. The molecule has 180 valence electrons. The first-order chi connectivity index (χ1) is 16.7. The molecule has 1 saturated heterocycles. The first-order valence-electron chi connectivity index (χ1n) is 12.6. The summed E-state index contributed by atoms with van der Waals surface area (Å²) in [5.41, 5.74) is 3.02. The molecule has 1 aliphatic carbocycles. The molecule has 1 unspecified atom stereocenters. The van der Waals surface area contributed by atoms with Crippen molar-refractivity contribution in [1.82, 2.24) is 15.1 Å². The summed E-state index contributed by atoms with van der Waals surface area (Å²) in [4.78, 5) is 16.5. The number of aromatic amines is 1. The van der Waals surface area contributed by atoms with Gasteiger partial charge in [-0.2, -0.15) is 5.10 Å². The van der Waals surface area contributed by atoms with Crippen LogP contribution in [0.15, 0.2) is 48.7 Å². The van der Waals surface area contributed by atoms with Crippen LogP contribution in [-0.4, -0.2) is 54.4 Å². The van der Waals surface area contributed by atoms with E-state index in [2.05, 4.69) is 45.4 Å². The third-order valence-electron chi connectivity index (χ3n) is 7.68. The maximum Gasteiger partial charge on any atom is 0.233 e. The van der Waals surface area contributed by atoms with Gasteiger partial charge in [-0.25, -0.2) is 0 Å². The first-order valence-corrected chi connectivity index (χ1v) is 12.6. The Balaban J connectivity index is 1.41. The highest BCUT2D eigenvalue weighted by atomic mass is 16.5. The Morgan fingerprint density at radius 1 is 1.15 bits per heavy atom. The highest BCUT2D eigenvalue weighted by Crippen LogP contribution is 2.42. The third-order valence-corrected chi connectivity index (χ3v) is 7.68. The molecule has 0 radical (unpaired) electrons. The van der Waals surface area contributed by atoms with Gasteiger partial charge in [-0.3, -0.25) is 9.89 Å². The van der Waals surface area contributed by atoms with Crippen molar-refractivity contribution in [3.05, 3.63) is 59.8 Å². The van der Waals surface area contributed by atoms with Crippen molar-refractivity contribution in [2.24, 2.45) is 5.92 Å². The van der Waals surface area contributed by atoms with Crippen molar-refractivity contribution in [2.45, 2.75) is 50.4 Å². The predicted molar refractivity (Wildman–Crippen MR) is 133 cm³/mol. The van der Waals surface area contributed by atoms with Crippen LogP contribution in [0.25, 0.3) is 10.9 Å². The summed E-state index contributed by atoms with van der Waals surface area (Å²) in [7, 11) is 1.68. The van der Waals surface area contributed by atoms with E-state index in [1.165, 1.54) is 12.0 Å². The zero-order valence-corrected chi connectivity index (χ0v) is 20.1. The average Bonchev–Trinajstić information content (AvgIpc) is 3.36. The molecule has 6 heteroatoms.